The van der Waals surface area contributed by atoms with Gasteiger partial charge in [0.1, 0.15) is 0 Å². The molecule has 0 aliphatic carbocycles. The Kier molecular flexibility index (Phi) is 4.31. The Hall–Kier alpha value is -1.33. The van der Waals surface area contributed by atoms with Gasteiger partial charge in [-0.05, 0) is 31.6 Å². The zero-order chi connectivity index (χ0) is 14.7. The molecule has 21 heavy (non-hydrogen) atoms. The fraction of sp³-hybridized carbons (Fsp3) is 0.294. The maximum absolute atomic E-state index is 11.2. The topological polar surface area (TPSA) is 41.5 Å². The molecule has 0 unspecified atom stereocenters. The van der Waals surface area contributed by atoms with Crippen molar-refractivity contribution in [2.75, 3.05) is 19.7 Å². The highest BCUT2D eigenvalue weighted by Crippen LogP contribution is 2.69. The van der Waals surface area contributed by atoms with E-state index in [1.54, 1.807) is 0 Å². The molecule has 0 atom stereocenters. The second-order valence-electron chi connectivity index (χ2n) is 5.05. The predicted octanol–water partition coefficient (Wildman–Crippen LogP) is 4.29. The van der Waals surface area contributed by atoms with Crippen molar-refractivity contribution in [3.63, 3.8) is 0 Å². The van der Waals surface area contributed by atoms with E-state index < -0.39 is 10.6 Å². The maximum atomic E-state index is 11.2. The van der Waals surface area contributed by atoms with Crippen molar-refractivity contribution in [2.24, 2.45) is 0 Å². The number of hydrogen-bond acceptors (Lipinski definition) is 3. The highest BCUT2D eigenvalue weighted by molar-refractivity contribution is 8.25. The Morgan fingerprint density at radius 3 is 2.14 bits per heavy atom. The summed E-state index contributed by atoms with van der Waals surface area (Å²) in [6.07, 6.45) is 0.896. The molecule has 0 saturated carbocycles. The van der Waals surface area contributed by atoms with Gasteiger partial charge in [0, 0.05) is 11.1 Å². The molecule has 1 heterocycles. The molecule has 1 aliphatic heterocycles. The summed E-state index contributed by atoms with van der Waals surface area (Å²) in [5.41, 5.74) is 2.19. The monoisotopic (exact) mass is 303 g/mol. The third-order valence-corrected chi connectivity index (χ3v) is 6.07. The van der Waals surface area contributed by atoms with Crippen molar-refractivity contribution in [3.8, 4) is 11.1 Å². The van der Waals surface area contributed by atoms with E-state index in [2.05, 4.69) is 24.4 Å². The average molecular weight is 303 g/mol. The van der Waals surface area contributed by atoms with Crippen LogP contribution in [-0.2, 0) is 4.18 Å². The summed E-state index contributed by atoms with van der Waals surface area (Å²) in [6.45, 7) is 4.52. The quantitative estimate of drug-likeness (QED) is 0.782. The smallest absolute Gasteiger partial charge is 0.0735 e. The van der Waals surface area contributed by atoms with E-state index in [1.165, 1.54) is 0 Å². The molecule has 2 N–H and O–H groups in total. The van der Waals surface area contributed by atoms with Gasteiger partial charge in [-0.3, -0.25) is 8.74 Å². The molecule has 0 fully saturated rings. The Balaban J connectivity index is 1.87. The zero-order valence-electron chi connectivity index (χ0n) is 12.2. The van der Waals surface area contributed by atoms with Gasteiger partial charge in [0.05, 0.1) is 16.4 Å². The summed E-state index contributed by atoms with van der Waals surface area (Å²) in [7, 11) is -2.34. The maximum Gasteiger partial charge on any atom is 0.0735 e. The highest BCUT2D eigenvalue weighted by Gasteiger charge is 2.35. The minimum absolute atomic E-state index is 0.557. The van der Waals surface area contributed by atoms with E-state index in [4.69, 9.17) is 4.18 Å². The van der Waals surface area contributed by atoms with Gasteiger partial charge in [-0.15, -0.1) is 10.6 Å². The van der Waals surface area contributed by atoms with Crippen LogP contribution in [0.2, 0.25) is 0 Å². The second-order valence-corrected chi connectivity index (χ2v) is 7.21. The Morgan fingerprint density at radius 2 is 1.57 bits per heavy atom. The van der Waals surface area contributed by atoms with Crippen LogP contribution in [-0.4, -0.2) is 24.2 Å². The van der Waals surface area contributed by atoms with Crippen LogP contribution in [0, 0.1) is 0 Å². The molecule has 2 aromatic carbocycles. The van der Waals surface area contributed by atoms with Crippen molar-refractivity contribution in [1.29, 1.82) is 0 Å². The fourth-order valence-corrected chi connectivity index (χ4v) is 4.99. The standard InChI is InChI=1S/C17H21NO2S/c1-2-18-12-7-13-20-21(19)16-10-5-3-8-14(16)15-9-4-6-11-17(15)21/h3-6,8-11,18-19H,2,7,12-13H2,1H3. The summed E-state index contributed by atoms with van der Waals surface area (Å²) in [5, 5.41) is 3.27. The van der Waals surface area contributed by atoms with E-state index in [1.807, 2.05) is 36.4 Å². The first-order chi connectivity index (χ1) is 10.3. The van der Waals surface area contributed by atoms with Crippen LogP contribution in [0.5, 0.6) is 0 Å². The molecule has 0 saturated heterocycles. The van der Waals surface area contributed by atoms with Gasteiger partial charge < -0.3 is 5.32 Å². The van der Waals surface area contributed by atoms with Crippen LogP contribution in [0.4, 0.5) is 0 Å². The van der Waals surface area contributed by atoms with Gasteiger partial charge in [0.2, 0.25) is 0 Å². The average Bonchev–Trinajstić information content (AvgIpc) is 2.78. The minimum atomic E-state index is -2.34. The molecular formula is C17H21NO2S. The number of fused-ring (bicyclic) bond motifs is 3. The summed E-state index contributed by atoms with van der Waals surface area (Å²) < 4.78 is 17.2. The Labute approximate surface area is 127 Å². The van der Waals surface area contributed by atoms with Crippen molar-refractivity contribution >= 4 is 10.6 Å². The molecule has 0 aromatic heterocycles. The third-order valence-electron chi connectivity index (χ3n) is 3.66. The molecule has 4 heteroatoms. The fourth-order valence-electron chi connectivity index (χ4n) is 2.66. The zero-order valence-corrected chi connectivity index (χ0v) is 13.0. The SMILES string of the molecule is CCNCCCOS1(O)c2ccccc2-c2ccccc21. The molecule has 112 valence electrons. The van der Waals surface area contributed by atoms with Crippen LogP contribution in [0.15, 0.2) is 58.3 Å². The number of nitrogens with one attached hydrogen (secondary N) is 1. The summed E-state index contributed by atoms with van der Waals surface area (Å²) >= 11 is 0. The lowest BCUT2D eigenvalue weighted by Gasteiger charge is -2.35. The minimum Gasteiger partial charge on any atom is -0.317 e. The molecule has 2 aromatic rings. The second kappa shape index (κ2) is 6.20. The van der Waals surface area contributed by atoms with Gasteiger partial charge in [0.15, 0.2) is 0 Å². The van der Waals surface area contributed by atoms with Crippen LogP contribution in [0.3, 0.4) is 0 Å². The lowest BCUT2D eigenvalue weighted by molar-refractivity contribution is 0.308. The van der Waals surface area contributed by atoms with Gasteiger partial charge >= 0.3 is 0 Å². The lowest BCUT2D eigenvalue weighted by atomic mass is 10.1. The van der Waals surface area contributed by atoms with Crippen LogP contribution in [0.1, 0.15) is 13.3 Å². The van der Waals surface area contributed by atoms with Gasteiger partial charge in [0.25, 0.3) is 0 Å². The lowest BCUT2D eigenvalue weighted by Crippen LogP contribution is -2.16. The molecule has 0 radical (unpaired) electrons. The molecule has 0 amide bonds. The third kappa shape index (κ3) is 2.60. The normalized spacial score (nSPS) is 16.3. The van der Waals surface area contributed by atoms with E-state index in [0.717, 1.165) is 40.4 Å². The van der Waals surface area contributed by atoms with Crippen LogP contribution in [0.25, 0.3) is 11.1 Å². The predicted molar refractivity (Wildman–Crippen MR) is 87.7 cm³/mol. The highest BCUT2D eigenvalue weighted by atomic mass is 32.3. The van der Waals surface area contributed by atoms with Crippen molar-refractivity contribution in [2.45, 2.75) is 23.1 Å². The van der Waals surface area contributed by atoms with Gasteiger partial charge in [-0.1, -0.05) is 43.3 Å². The first-order valence-corrected chi connectivity index (χ1v) is 8.88. The molecule has 0 bridgehead atoms. The van der Waals surface area contributed by atoms with E-state index >= 15 is 0 Å². The van der Waals surface area contributed by atoms with E-state index in [0.29, 0.717) is 6.61 Å². The molecular weight excluding hydrogens is 282 g/mol. The Bertz CT molecular complexity index is 584. The summed E-state index contributed by atoms with van der Waals surface area (Å²) in [5.74, 6) is 0. The van der Waals surface area contributed by atoms with Crippen molar-refractivity contribution in [1.82, 2.24) is 5.32 Å². The van der Waals surface area contributed by atoms with E-state index in [9.17, 15) is 4.55 Å². The first-order valence-electron chi connectivity index (χ1n) is 7.37. The Morgan fingerprint density at radius 1 is 1.00 bits per heavy atom. The molecule has 3 rings (SSSR count). The van der Waals surface area contributed by atoms with Crippen molar-refractivity contribution in [3.05, 3.63) is 48.5 Å². The molecule has 1 aliphatic rings. The number of benzene rings is 2. The molecule has 3 nitrogen and oxygen atoms in total. The largest absolute Gasteiger partial charge is 0.317 e. The van der Waals surface area contributed by atoms with Crippen molar-refractivity contribution < 1.29 is 8.74 Å². The molecule has 0 spiro atoms. The first kappa shape index (κ1) is 14.6. The number of rotatable bonds is 6. The number of hydrogen-bond donors (Lipinski definition) is 2. The summed E-state index contributed by atoms with van der Waals surface area (Å²) in [4.78, 5) is 1.85. The van der Waals surface area contributed by atoms with E-state index in [-0.39, 0.29) is 0 Å². The van der Waals surface area contributed by atoms with Gasteiger partial charge in [-0.2, -0.15) is 0 Å². The van der Waals surface area contributed by atoms with Crippen LogP contribution < -0.4 is 5.32 Å². The van der Waals surface area contributed by atoms with Gasteiger partial charge in [-0.25, -0.2) is 0 Å². The summed E-state index contributed by atoms with van der Waals surface area (Å²) in [6, 6.07) is 16.0. The van der Waals surface area contributed by atoms with Crippen LogP contribution >= 0.6 is 10.6 Å².